The summed E-state index contributed by atoms with van der Waals surface area (Å²) in [5.41, 5.74) is 8.30. The Kier molecular flexibility index (Phi) is 14.0. The van der Waals surface area contributed by atoms with Crippen LogP contribution in [0.3, 0.4) is 0 Å². The number of carbonyl (C=O) groups is 3. The minimum absolute atomic E-state index is 0. The molecule has 0 bridgehead atoms. The van der Waals surface area contributed by atoms with Crippen molar-refractivity contribution in [2.24, 2.45) is 4.99 Å². The molecule has 3 aromatic heterocycles. The van der Waals surface area contributed by atoms with E-state index in [1.807, 2.05) is 48.4 Å². The molecule has 12 nitrogen and oxygen atoms in total. The Bertz CT molecular complexity index is 2390. The summed E-state index contributed by atoms with van der Waals surface area (Å²) in [6.07, 6.45) is 4.40. The van der Waals surface area contributed by atoms with Gasteiger partial charge in [0.25, 0.3) is 0 Å². The number of halogens is 1. The number of aryl methyl sites for hydroxylation is 2. The van der Waals surface area contributed by atoms with Gasteiger partial charge in [-0.2, -0.15) is 13.5 Å². The van der Waals surface area contributed by atoms with E-state index in [1.165, 1.54) is 4.88 Å². The highest BCUT2D eigenvalue weighted by Crippen LogP contribution is 2.40. The van der Waals surface area contributed by atoms with Crippen LogP contribution in [-0.2, 0) is 36.7 Å². The molecule has 1 atom stereocenters. The largest absolute Gasteiger partial charge is 0.379 e. The zero-order valence-corrected chi connectivity index (χ0v) is 36.8. The molecule has 1 saturated heterocycles. The van der Waals surface area contributed by atoms with Crippen molar-refractivity contribution in [1.82, 2.24) is 24.6 Å². The van der Waals surface area contributed by atoms with E-state index in [9.17, 15) is 14.4 Å². The van der Waals surface area contributed by atoms with Crippen molar-refractivity contribution < 1.29 is 23.9 Å². The number of amides is 1. The minimum atomic E-state index is -0.485. The first-order valence-electron chi connectivity index (χ1n) is 20.3. The fraction of sp³-hybridized carbons (Fsp3) is 0.400. The van der Waals surface area contributed by atoms with Gasteiger partial charge in [0.2, 0.25) is 5.91 Å². The molecule has 60 heavy (non-hydrogen) atoms. The number of hydrogen-bond donors (Lipinski definition) is 0. The van der Waals surface area contributed by atoms with Crippen LogP contribution in [0.5, 0.6) is 0 Å². The Balaban J connectivity index is 0.00000544. The molecule has 1 fully saturated rings. The van der Waals surface area contributed by atoms with Gasteiger partial charge in [0, 0.05) is 91.3 Å². The lowest BCUT2D eigenvalue weighted by Gasteiger charge is -2.35. The highest BCUT2D eigenvalue weighted by Gasteiger charge is 2.32. The van der Waals surface area contributed by atoms with Crippen molar-refractivity contribution >= 4 is 65.4 Å². The van der Waals surface area contributed by atoms with E-state index < -0.39 is 6.04 Å². The molecule has 15 heteroatoms. The summed E-state index contributed by atoms with van der Waals surface area (Å²) in [7, 11) is 0. The molecule has 0 saturated carbocycles. The summed E-state index contributed by atoms with van der Waals surface area (Å²) in [6.45, 7) is 10.4. The van der Waals surface area contributed by atoms with Crippen LogP contribution in [0.25, 0.3) is 16.1 Å². The fourth-order valence-electron chi connectivity index (χ4n) is 8.02. The summed E-state index contributed by atoms with van der Waals surface area (Å²) < 4.78 is 13.5. The van der Waals surface area contributed by atoms with Crippen LogP contribution in [-0.4, -0.2) is 100 Å². The van der Waals surface area contributed by atoms with E-state index in [2.05, 4.69) is 57.8 Å². The Morgan fingerprint density at radius 1 is 0.833 bits per heavy atom. The maximum atomic E-state index is 13.3. The predicted molar refractivity (Wildman–Crippen MR) is 240 cm³/mol. The number of piperazine rings is 1. The summed E-state index contributed by atoms with van der Waals surface area (Å²) in [5.74, 6) is 2.76. The van der Waals surface area contributed by atoms with Gasteiger partial charge in [-0.3, -0.25) is 23.9 Å². The number of thiophene rings is 1. The first kappa shape index (κ1) is 43.4. The van der Waals surface area contributed by atoms with Crippen LogP contribution in [0, 0.1) is 20.8 Å². The van der Waals surface area contributed by atoms with Crippen molar-refractivity contribution in [2.45, 2.75) is 65.3 Å². The quantitative estimate of drug-likeness (QED) is 0.101. The van der Waals surface area contributed by atoms with E-state index in [-0.39, 0.29) is 37.4 Å². The number of aromatic nitrogens is 4. The minimum Gasteiger partial charge on any atom is -0.379 e. The van der Waals surface area contributed by atoms with E-state index in [0.717, 1.165) is 61.3 Å². The Morgan fingerprint density at radius 3 is 2.30 bits per heavy atom. The number of rotatable bonds is 15. The van der Waals surface area contributed by atoms with Crippen molar-refractivity contribution in [1.29, 1.82) is 0 Å². The monoisotopic (exact) mass is 867 g/mol. The maximum Gasteiger partial charge on any atom is 0.225 e. The third kappa shape index (κ3) is 9.58. The molecule has 2 aliphatic heterocycles. The molecule has 0 radical (unpaired) electrons. The maximum absolute atomic E-state index is 13.3. The van der Waals surface area contributed by atoms with Crippen LogP contribution < -0.4 is 4.90 Å². The molecule has 3 aliphatic rings. The zero-order chi connectivity index (χ0) is 41.0. The number of Topliss-reactive ketones (excluding diaryl/α,β-unsaturated/α-hetero) is 2. The van der Waals surface area contributed by atoms with Crippen LogP contribution in [0.1, 0.15) is 76.1 Å². The van der Waals surface area contributed by atoms with Gasteiger partial charge in [-0.1, -0.05) is 41.9 Å². The molecular weight excluding hydrogens is 818 g/mol. The van der Waals surface area contributed by atoms with Crippen molar-refractivity contribution in [3.63, 3.8) is 0 Å². The standard InChI is InChI=1S/C45H48ClN7O5S.H2S/c1-28-29(2)59-45-42(28)43(31-8-11-36(46)12-9-31)48-39(44-50-49-30(3)53(44)45)26-37(54)5-4-19-57-21-22-58-20-14-41(56)52-17-15-51(16-18-52)40-13-10-34(27-47-40)32-6-7-33-24-38(55)25-35(33)23-32;/h6-13,23,27,39H,4-5,14-22,24-26H2,1-3H3;1H2/t39-;/m0./s1. The third-order valence-electron chi connectivity index (χ3n) is 11.4. The molecule has 0 unspecified atom stereocenters. The number of carbonyl (C=O) groups excluding carboxylic acids is 3. The average molecular weight is 869 g/mol. The number of benzene rings is 2. The van der Waals surface area contributed by atoms with Gasteiger partial charge in [-0.15, -0.1) is 21.5 Å². The fourth-order valence-corrected chi connectivity index (χ4v) is 9.36. The lowest BCUT2D eigenvalue weighted by Crippen LogP contribution is -2.49. The molecule has 0 N–H and O–H groups in total. The Hall–Kier alpha value is -4.73. The predicted octanol–water partition coefficient (Wildman–Crippen LogP) is 7.15. The summed E-state index contributed by atoms with van der Waals surface area (Å²) in [5, 5.41) is 10.6. The van der Waals surface area contributed by atoms with Crippen LogP contribution >= 0.6 is 36.4 Å². The van der Waals surface area contributed by atoms with Gasteiger partial charge in [-0.05, 0) is 73.7 Å². The molecule has 5 aromatic rings. The van der Waals surface area contributed by atoms with Gasteiger partial charge in [0.1, 0.15) is 34.3 Å². The highest BCUT2D eigenvalue weighted by molar-refractivity contribution is 7.59. The zero-order valence-electron chi connectivity index (χ0n) is 34.2. The number of ether oxygens (including phenoxy) is 2. The van der Waals surface area contributed by atoms with Crippen LogP contribution in [0.15, 0.2) is 65.8 Å². The Labute approximate surface area is 366 Å². The first-order valence-corrected chi connectivity index (χ1v) is 21.5. The lowest BCUT2D eigenvalue weighted by molar-refractivity contribution is -0.132. The molecule has 314 valence electrons. The lowest BCUT2D eigenvalue weighted by atomic mass is 9.99. The van der Waals surface area contributed by atoms with Crippen molar-refractivity contribution in [3.05, 3.63) is 110 Å². The molecular formula is C45H50ClN7O5S2. The molecule has 8 rings (SSSR count). The number of pyridine rings is 1. The topological polar surface area (TPSA) is 132 Å². The SMILES string of the molecule is Cc1sc2c(c1C)C(c1ccc(Cl)cc1)=N[C@@H](CC(=O)CCCOCCOCCC(=O)N1CCN(c3ccc(-c4ccc5c(c4)CC(=O)C5)cn3)CC1)c1nnc(C)n1-2.S. The van der Waals surface area contributed by atoms with E-state index in [4.69, 9.17) is 31.1 Å². The van der Waals surface area contributed by atoms with Crippen LogP contribution in [0.4, 0.5) is 5.82 Å². The van der Waals surface area contributed by atoms with Gasteiger partial charge in [0.05, 0.1) is 32.0 Å². The number of anilines is 1. The summed E-state index contributed by atoms with van der Waals surface area (Å²) >= 11 is 7.92. The van der Waals surface area contributed by atoms with Gasteiger partial charge < -0.3 is 19.3 Å². The second-order valence-corrected chi connectivity index (χ2v) is 17.0. The smallest absolute Gasteiger partial charge is 0.225 e. The van der Waals surface area contributed by atoms with Gasteiger partial charge in [0.15, 0.2) is 5.82 Å². The normalized spacial score (nSPS) is 15.8. The van der Waals surface area contributed by atoms with Gasteiger partial charge >= 0.3 is 0 Å². The number of nitrogens with zero attached hydrogens (tertiary/aromatic N) is 7. The number of fused-ring (bicyclic) bond motifs is 4. The highest BCUT2D eigenvalue weighted by atomic mass is 35.5. The second kappa shape index (κ2) is 19.3. The van der Waals surface area contributed by atoms with Crippen molar-refractivity contribution in [3.8, 4) is 16.1 Å². The van der Waals surface area contributed by atoms with Gasteiger partial charge in [-0.25, -0.2) is 4.98 Å². The number of hydrogen-bond acceptors (Lipinski definition) is 11. The molecule has 2 aromatic carbocycles. The van der Waals surface area contributed by atoms with E-state index in [0.29, 0.717) is 95.6 Å². The number of aliphatic imine (C=N–C) groups is 1. The van der Waals surface area contributed by atoms with E-state index >= 15 is 0 Å². The summed E-state index contributed by atoms with van der Waals surface area (Å²) in [4.78, 5) is 53.3. The molecule has 1 amide bonds. The first-order chi connectivity index (χ1) is 28.6. The molecule has 1 aliphatic carbocycles. The summed E-state index contributed by atoms with van der Waals surface area (Å²) in [6, 6.07) is 17.5. The molecule has 5 heterocycles. The molecule has 0 spiro atoms. The average Bonchev–Trinajstić information content (AvgIpc) is 3.88. The second-order valence-electron chi connectivity index (χ2n) is 15.4. The van der Waals surface area contributed by atoms with E-state index in [1.54, 1.807) is 11.3 Å². The number of ketones is 2. The Morgan fingerprint density at radius 2 is 1.55 bits per heavy atom. The van der Waals surface area contributed by atoms with Crippen LogP contribution in [0.2, 0.25) is 5.02 Å². The third-order valence-corrected chi connectivity index (χ3v) is 12.8. The van der Waals surface area contributed by atoms with Crippen molar-refractivity contribution in [2.75, 3.05) is 57.5 Å².